The molecule has 2 aliphatic rings. The van der Waals surface area contributed by atoms with Crippen LogP contribution in [0.4, 0.5) is 0 Å². The fourth-order valence-electron chi connectivity index (χ4n) is 2.31. The third kappa shape index (κ3) is 1.90. The van der Waals surface area contributed by atoms with Crippen LogP contribution in [0, 0.1) is 11.8 Å². The molecule has 1 amide bonds. The van der Waals surface area contributed by atoms with Crippen molar-refractivity contribution >= 4 is 29.1 Å². The first-order chi connectivity index (χ1) is 8.18. The number of pyridine rings is 1. The average molecular weight is 273 g/mol. The summed E-state index contributed by atoms with van der Waals surface area (Å²) in [6.45, 7) is 1.46. The van der Waals surface area contributed by atoms with Gasteiger partial charge in [-0.15, -0.1) is 0 Å². The van der Waals surface area contributed by atoms with Crippen LogP contribution in [-0.2, 0) is 4.74 Å². The zero-order valence-electron chi connectivity index (χ0n) is 8.82. The van der Waals surface area contributed by atoms with Gasteiger partial charge in [-0.05, 0) is 0 Å². The molecule has 3 rings (SSSR count). The lowest BCUT2D eigenvalue weighted by Crippen LogP contribution is -2.30. The quantitative estimate of drug-likeness (QED) is 0.893. The van der Waals surface area contributed by atoms with Gasteiger partial charge in [0.1, 0.15) is 0 Å². The highest BCUT2D eigenvalue weighted by Crippen LogP contribution is 2.44. The molecule has 17 heavy (non-hydrogen) atoms. The van der Waals surface area contributed by atoms with E-state index in [1.54, 1.807) is 0 Å². The summed E-state index contributed by atoms with van der Waals surface area (Å²) in [7, 11) is 0. The van der Waals surface area contributed by atoms with Crippen LogP contribution in [0.3, 0.4) is 0 Å². The van der Waals surface area contributed by atoms with Crippen LogP contribution in [0.5, 0.6) is 0 Å². The zero-order valence-corrected chi connectivity index (χ0v) is 10.3. The van der Waals surface area contributed by atoms with Gasteiger partial charge in [0.15, 0.2) is 0 Å². The number of carbonyl (C=O) groups excluding carboxylic acids is 1. The molecule has 1 aliphatic carbocycles. The first kappa shape index (κ1) is 11.3. The molecule has 1 aliphatic heterocycles. The Morgan fingerprint density at radius 3 is 2.47 bits per heavy atom. The van der Waals surface area contributed by atoms with E-state index in [9.17, 15) is 4.79 Å². The van der Waals surface area contributed by atoms with Gasteiger partial charge < -0.3 is 10.1 Å². The standard InChI is InChI=1S/C11H10Cl2N2O2/c12-7-1-14-2-8(13)9(7)11(16)15-10-5-3-17-4-6(5)10/h1-2,5-6,10H,3-4H2,(H,15,16)/t5-,6+,10?. The summed E-state index contributed by atoms with van der Waals surface area (Å²) in [5.41, 5.74) is 0.300. The molecule has 6 heteroatoms. The normalized spacial score (nSPS) is 29.9. The molecule has 0 aromatic carbocycles. The van der Waals surface area contributed by atoms with Crippen LogP contribution in [0.2, 0.25) is 10.0 Å². The number of nitrogens with one attached hydrogen (secondary N) is 1. The maximum Gasteiger partial charge on any atom is 0.254 e. The molecule has 1 saturated carbocycles. The maximum absolute atomic E-state index is 12.0. The minimum atomic E-state index is -0.234. The lowest BCUT2D eigenvalue weighted by Gasteiger charge is -2.09. The average Bonchev–Trinajstić information content (AvgIpc) is 2.74. The molecule has 1 aromatic rings. The van der Waals surface area contributed by atoms with Crippen LogP contribution in [0.15, 0.2) is 12.4 Å². The van der Waals surface area contributed by atoms with Gasteiger partial charge in [0.05, 0.1) is 28.8 Å². The minimum absolute atomic E-state index is 0.205. The summed E-state index contributed by atoms with van der Waals surface area (Å²) in [5.74, 6) is 0.679. The van der Waals surface area contributed by atoms with Crippen molar-refractivity contribution in [2.75, 3.05) is 13.2 Å². The second-order valence-electron chi connectivity index (χ2n) is 4.34. The molecule has 1 aromatic heterocycles. The Morgan fingerprint density at radius 1 is 1.29 bits per heavy atom. The van der Waals surface area contributed by atoms with Crippen molar-refractivity contribution < 1.29 is 9.53 Å². The molecule has 1 unspecified atom stereocenters. The van der Waals surface area contributed by atoms with E-state index in [1.165, 1.54) is 12.4 Å². The number of rotatable bonds is 2. The van der Waals surface area contributed by atoms with Crippen LogP contribution >= 0.6 is 23.2 Å². The van der Waals surface area contributed by atoms with Crippen molar-refractivity contribution in [3.05, 3.63) is 28.0 Å². The molecule has 2 fully saturated rings. The molecule has 3 atom stereocenters. The highest BCUT2D eigenvalue weighted by molar-refractivity contribution is 6.39. The topological polar surface area (TPSA) is 51.2 Å². The Labute approximate surface area is 108 Å². The van der Waals surface area contributed by atoms with Gasteiger partial charge in [-0.1, -0.05) is 23.2 Å². The van der Waals surface area contributed by atoms with Gasteiger partial charge in [-0.2, -0.15) is 0 Å². The summed E-state index contributed by atoms with van der Waals surface area (Å²) in [4.78, 5) is 15.8. The summed E-state index contributed by atoms with van der Waals surface area (Å²) in [5, 5.41) is 3.49. The SMILES string of the molecule is O=C(NC1[C@H]2COC[C@@H]12)c1c(Cl)cncc1Cl. The maximum atomic E-state index is 12.0. The predicted molar refractivity (Wildman–Crippen MR) is 63.3 cm³/mol. The minimum Gasteiger partial charge on any atom is -0.381 e. The Hall–Kier alpha value is -0.840. The third-order valence-electron chi connectivity index (χ3n) is 3.33. The Kier molecular flexibility index (Phi) is 2.73. The van der Waals surface area contributed by atoms with Gasteiger partial charge in [0, 0.05) is 30.3 Å². The zero-order chi connectivity index (χ0) is 12.0. The van der Waals surface area contributed by atoms with E-state index >= 15 is 0 Å². The smallest absolute Gasteiger partial charge is 0.254 e. The lowest BCUT2D eigenvalue weighted by molar-refractivity contribution is 0.0929. The van der Waals surface area contributed by atoms with Crippen molar-refractivity contribution in [3.8, 4) is 0 Å². The highest BCUT2D eigenvalue weighted by Gasteiger charge is 2.54. The van der Waals surface area contributed by atoms with E-state index in [0.717, 1.165) is 13.2 Å². The number of ether oxygens (including phenoxy) is 1. The van der Waals surface area contributed by atoms with Gasteiger partial charge in [0.2, 0.25) is 0 Å². The van der Waals surface area contributed by atoms with Crippen LogP contribution in [-0.4, -0.2) is 30.1 Å². The van der Waals surface area contributed by atoms with Crippen molar-refractivity contribution in [2.45, 2.75) is 6.04 Å². The molecular formula is C11H10Cl2N2O2. The Morgan fingerprint density at radius 2 is 1.88 bits per heavy atom. The lowest BCUT2D eigenvalue weighted by atomic mass is 10.2. The van der Waals surface area contributed by atoms with Crippen LogP contribution < -0.4 is 5.32 Å². The van der Waals surface area contributed by atoms with E-state index in [2.05, 4.69) is 10.3 Å². The summed E-state index contributed by atoms with van der Waals surface area (Å²) >= 11 is 11.8. The first-order valence-electron chi connectivity index (χ1n) is 5.36. The van der Waals surface area contributed by atoms with Crippen LogP contribution in [0.1, 0.15) is 10.4 Å². The van der Waals surface area contributed by atoms with Gasteiger partial charge in [-0.25, -0.2) is 0 Å². The molecule has 4 nitrogen and oxygen atoms in total. The second-order valence-corrected chi connectivity index (χ2v) is 5.16. The highest BCUT2D eigenvalue weighted by atomic mass is 35.5. The largest absolute Gasteiger partial charge is 0.381 e. The summed E-state index contributed by atoms with van der Waals surface area (Å²) < 4.78 is 5.26. The Balaban J connectivity index is 1.74. The molecule has 1 N–H and O–H groups in total. The molecule has 0 spiro atoms. The van der Waals surface area contributed by atoms with E-state index in [4.69, 9.17) is 27.9 Å². The molecular weight excluding hydrogens is 263 g/mol. The fourth-order valence-corrected chi connectivity index (χ4v) is 2.84. The fraction of sp³-hybridized carbons (Fsp3) is 0.455. The number of carbonyl (C=O) groups is 1. The number of hydrogen-bond acceptors (Lipinski definition) is 3. The number of hydrogen-bond donors (Lipinski definition) is 1. The molecule has 0 radical (unpaired) electrons. The van der Waals surface area contributed by atoms with Crippen molar-refractivity contribution in [1.29, 1.82) is 0 Å². The number of nitrogens with zero attached hydrogens (tertiary/aromatic N) is 1. The number of halogens is 2. The number of amides is 1. The summed E-state index contributed by atoms with van der Waals surface area (Å²) in [6.07, 6.45) is 2.83. The monoisotopic (exact) mass is 272 g/mol. The summed E-state index contributed by atoms with van der Waals surface area (Å²) in [6, 6.07) is 0.205. The molecule has 1 saturated heterocycles. The van der Waals surface area contributed by atoms with Gasteiger partial charge >= 0.3 is 0 Å². The third-order valence-corrected chi connectivity index (χ3v) is 3.90. The molecule has 90 valence electrons. The first-order valence-corrected chi connectivity index (χ1v) is 6.11. The van der Waals surface area contributed by atoms with E-state index in [0.29, 0.717) is 17.4 Å². The molecule has 0 bridgehead atoms. The number of aromatic nitrogens is 1. The van der Waals surface area contributed by atoms with E-state index in [1.807, 2.05) is 0 Å². The van der Waals surface area contributed by atoms with Crippen molar-refractivity contribution in [1.82, 2.24) is 10.3 Å². The van der Waals surface area contributed by atoms with Gasteiger partial charge in [0.25, 0.3) is 5.91 Å². The number of fused-ring (bicyclic) bond motifs is 1. The Bertz CT molecular complexity index is 450. The predicted octanol–water partition coefficient (Wildman–Crippen LogP) is 1.76. The second kappa shape index (κ2) is 4.12. The van der Waals surface area contributed by atoms with Crippen LogP contribution in [0.25, 0.3) is 0 Å². The molecule has 2 heterocycles. The van der Waals surface area contributed by atoms with Crippen molar-refractivity contribution in [2.24, 2.45) is 11.8 Å². The van der Waals surface area contributed by atoms with Crippen molar-refractivity contribution in [3.63, 3.8) is 0 Å². The van der Waals surface area contributed by atoms with E-state index < -0.39 is 0 Å². The van der Waals surface area contributed by atoms with Gasteiger partial charge in [-0.3, -0.25) is 9.78 Å². The van der Waals surface area contributed by atoms with E-state index in [-0.39, 0.29) is 22.0 Å².